The smallest absolute Gasteiger partial charge is 0.302 e. The Morgan fingerprint density at radius 1 is 1.06 bits per heavy atom. The summed E-state index contributed by atoms with van der Waals surface area (Å²) >= 11 is 0. The number of rotatable bonds is 4. The Labute approximate surface area is 101 Å². The number of ether oxygens (including phenoxy) is 2. The third-order valence-corrected chi connectivity index (χ3v) is 2.29. The first-order valence-electron chi connectivity index (χ1n) is 5.34. The molecule has 0 saturated heterocycles. The third kappa shape index (κ3) is 4.68. The summed E-state index contributed by atoms with van der Waals surface area (Å²) in [6, 6.07) is 5.68. The van der Waals surface area contributed by atoms with Crippen LogP contribution in [0.1, 0.15) is 30.5 Å². The second-order valence-corrected chi connectivity index (χ2v) is 3.82. The normalized spacial score (nSPS) is 9.82. The van der Waals surface area contributed by atoms with E-state index >= 15 is 0 Å². The highest BCUT2D eigenvalue weighted by atomic mass is 16.5. The van der Waals surface area contributed by atoms with Crippen LogP contribution in [-0.2, 0) is 32.3 Å². The zero-order valence-corrected chi connectivity index (χ0v) is 10.3. The van der Waals surface area contributed by atoms with Gasteiger partial charge in [0, 0.05) is 13.8 Å². The molecule has 0 saturated carbocycles. The van der Waals surface area contributed by atoms with Gasteiger partial charge in [-0.2, -0.15) is 0 Å². The van der Waals surface area contributed by atoms with E-state index in [9.17, 15) is 9.59 Å². The summed E-state index contributed by atoms with van der Waals surface area (Å²) in [4.78, 5) is 21.4. The number of hydrogen-bond donors (Lipinski definition) is 0. The molecule has 0 atom stereocenters. The average Bonchev–Trinajstić information content (AvgIpc) is 2.26. The Hall–Kier alpha value is -1.84. The number of carbonyl (C=O) groups is 2. The van der Waals surface area contributed by atoms with Crippen molar-refractivity contribution in [3.05, 3.63) is 34.9 Å². The maximum absolute atomic E-state index is 10.7. The lowest BCUT2D eigenvalue weighted by Gasteiger charge is -2.09. The van der Waals surface area contributed by atoms with Crippen molar-refractivity contribution in [1.29, 1.82) is 0 Å². The van der Waals surface area contributed by atoms with Crippen LogP contribution in [0.5, 0.6) is 0 Å². The van der Waals surface area contributed by atoms with Gasteiger partial charge in [0.2, 0.25) is 0 Å². The molecule has 0 amide bonds. The summed E-state index contributed by atoms with van der Waals surface area (Å²) in [6.45, 7) is 5.16. The standard InChI is InChI=1S/C13H16O4/c1-9-4-5-12(7-16-10(2)14)6-13(9)8-17-11(3)15/h4-6H,7-8H2,1-3H3. The van der Waals surface area contributed by atoms with Crippen LogP contribution >= 0.6 is 0 Å². The van der Waals surface area contributed by atoms with Crippen molar-refractivity contribution in [3.8, 4) is 0 Å². The number of aryl methyl sites for hydroxylation is 1. The predicted octanol–water partition coefficient (Wildman–Crippen LogP) is 2.12. The Bertz CT molecular complexity index is 423. The van der Waals surface area contributed by atoms with Crippen LogP contribution in [0.25, 0.3) is 0 Å². The van der Waals surface area contributed by atoms with E-state index in [0.717, 1.165) is 16.7 Å². The van der Waals surface area contributed by atoms with E-state index < -0.39 is 0 Å². The topological polar surface area (TPSA) is 52.6 Å². The molecule has 1 rings (SSSR count). The summed E-state index contributed by atoms with van der Waals surface area (Å²) in [6.07, 6.45) is 0. The van der Waals surface area contributed by atoms with Gasteiger partial charge in [-0.05, 0) is 29.7 Å². The molecular weight excluding hydrogens is 220 g/mol. The summed E-state index contributed by atoms with van der Waals surface area (Å²) in [7, 11) is 0. The summed E-state index contributed by atoms with van der Waals surface area (Å²) < 4.78 is 9.84. The molecule has 0 spiro atoms. The molecule has 0 aliphatic heterocycles. The quantitative estimate of drug-likeness (QED) is 0.751. The second-order valence-electron chi connectivity index (χ2n) is 3.82. The predicted molar refractivity (Wildman–Crippen MR) is 62.1 cm³/mol. The lowest BCUT2D eigenvalue weighted by Crippen LogP contribution is -2.03. The Balaban J connectivity index is 2.71. The van der Waals surface area contributed by atoms with Crippen LogP contribution in [-0.4, -0.2) is 11.9 Å². The fourth-order valence-electron chi connectivity index (χ4n) is 1.33. The van der Waals surface area contributed by atoms with Crippen LogP contribution in [0.4, 0.5) is 0 Å². The van der Waals surface area contributed by atoms with E-state index in [1.807, 2.05) is 25.1 Å². The summed E-state index contributed by atoms with van der Waals surface area (Å²) in [5.74, 6) is -0.623. The van der Waals surface area contributed by atoms with Gasteiger partial charge in [-0.25, -0.2) is 0 Å². The van der Waals surface area contributed by atoms with Crippen LogP contribution < -0.4 is 0 Å². The van der Waals surface area contributed by atoms with Gasteiger partial charge in [0.15, 0.2) is 0 Å². The minimum atomic E-state index is -0.313. The van der Waals surface area contributed by atoms with Gasteiger partial charge < -0.3 is 9.47 Å². The molecule has 4 nitrogen and oxygen atoms in total. The largest absolute Gasteiger partial charge is 0.461 e. The van der Waals surface area contributed by atoms with Gasteiger partial charge >= 0.3 is 11.9 Å². The number of benzene rings is 1. The first-order valence-corrected chi connectivity index (χ1v) is 5.34. The molecule has 0 unspecified atom stereocenters. The molecule has 0 heterocycles. The van der Waals surface area contributed by atoms with Crippen LogP contribution in [0.3, 0.4) is 0 Å². The third-order valence-electron chi connectivity index (χ3n) is 2.29. The molecule has 1 aromatic carbocycles. The zero-order valence-electron chi connectivity index (χ0n) is 10.3. The lowest BCUT2D eigenvalue weighted by molar-refractivity contribution is -0.142. The number of esters is 2. The highest BCUT2D eigenvalue weighted by molar-refractivity contribution is 5.66. The molecule has 0 N–H and O–H groups in total. The zero-order chi connectivity index (χ0) is 12.8. The highest BCUT2D eigenvalue weighted by Crippen LogP contribution is 2.13. The van der Waals surface area contributed by atoms with Crippen LogP contribution in [0.2, 0.25) is 0 Å². The number of carbonyl (C=O) groups excluding carboxylic acids is 2. The van der Waals surface area contributed by atoms with Gasteiger partial charge in [0.05, 0.1) is 0 Å². The first-order chi connectivity index (χ1) is 7.99. The van der Waals surface area contributed by atoms with Gasteiger partial charge in [-0.1, -0.05) is 12.1 Å². The van der Waals surface area contributed by atoms with E-state index in [2.05, 4.69) is 0 Å². The molecule has 0 fully saturated rings. The van der Waals surface area contributed by atoms with E-state index in [0.29, 0.717) is 0 Å². The van der Waals surface area contributed by atoms with E-state index in [1.165, 1.54) is 13.8 Å². The molecule has 0 aliphatic carbocycles. The molecule has 0 radical (unpaired) electrons. The van der Waals surface area contributed by atoms with E-state index in [-0.39, 0.29) is 25.2 Å². The minimum Gasteiger partial charge on any atom is -0.461 e. The molecule has 0 aliphatic rings. The maximum Gasteiger partial charge on any atom is 0.302 e. The Morgan fingerprint density at radius 3 is 2.24 bits per heavy atom. The first kappa shape index (κ1) is 13.2. The summed E-state index contributed by atoms with van der Waals surface area (Å²) in [5.41, 5.74) is 2.84. The lowest BCUT2D eigenvalue weighted by atomic mass is 10.1. The van der Waals surface area contributed by atoms with Gasteiger partial charge in [-0.3, -0.25) is 9.59 Å². The van der Waals surface area contributed by atoms with Gasteiger partial charge in [0.25, 0.3) is 0 Å². The van der Waals surface area contributed by atoms with Crippen molar-refractivity contribution in [1.82, 2.24) is 0 Å². The Kier molecular flexibility index (Phi) is 4.69. The fraction of sp³-hybridized carbons (Fsp3) is 0.385. The monoisotopic (exact) mass is 236 g/mol. The van der Waals surface area contributed by atoms with Crippen LogP contribution in [0.15, 0.2) is 18.2 Å². The summed E-state index contributed by atoms with van der Waals surface area (Å²) in [5, 5.41) is 0. The SMILES string of the molecule is CC(=O)OCc1ccc(C)c(COC(C)=O)c1. The fourth-order valence-corrected chi connectivity index (χ4v) is 1.33. The van der Waals surface area contributed by atoms with E-state index in [1.54, 1.807) is 0 Å². The van der Waals surface area contributed by atoms with Gasteiger partial charge in [0.1, 0.15) is 13.2 Å². The highest BCUT2D eigenvalue weighted by Gasteiger charge is 2.04. The van der Waals surface area contributed by atoms with Gasteiger partial charge in [-0.15, -0.1) is 0 Å². The minimum absolute atomic E-state index is 0.239. The molecule has 0 aromatic heterocycles. The number of hydrogen-bond acceptors (Lipinski definition) is 4. The molecule has 0 bridgehead atoms. The van der Waals surface area contributed by atoms with Crippen molar-refractivity contribution < 1.29 is 19.1 Å². The Morgan fingerprint density at radius 2 is 1.65 bits per heavy atom. The molecule has 92 valence electrons. The molecule has 17 heavy (non-hydrogen) atoms. The van der Waals surface area contributed by atoms with Crippen molar-refractivity contribution in [2.45, 2.75) is 34.0 Å². The van der Waals surface area contributed by atoms with Crippen molar-refractivity contribution in [2.24, 2.45) is 0 Å². The molecular formula is C13H16O4. The van der Waals surface area contributed by atoms with Crippen molar-refractivity contribution in [2.75, 3.05) is 0 Å². The van der Waals surface area contributed by atoms with E-state index in [4.69, 9.17) is 9.47 Å². The maximum atomic E-state index is 10.7. The average molecular weight is 236 g/mol. The van der Waals surface area contributed by atoms with Crippen molar-refractivity contribution in [3.63, 3.8) is 0 Å². The molecule has 1 aromatic rings. The molecule has 4 heteroatoms. The van der Waals surface area contributed by atoms with Crippen LogP contribution in [0, 0.1) is 6.92 Å². The second kappa shape index (κ2) is 6.03. The van der Waals surface area contributed by atoms with Crippen molar-refractivity contribution >= 4 is 11.9 Å².